The molecule has 0 bridgehead atoms. The van der Waals surface area contributed by atoms with E-state index >= 15 is 0 Å². The highest BCUT2D eigenvalue weighted by Crippen LogP contribution is 2.40. The lowest BCUT2D eigenvalue weighted by molar-refractivity contribution is -0.140. The van der Waals surface area contributed by atoms with Gasteiger partial charge in [0.15, 0.2) is 12.1 Å². The Morgan fingerprint density at radius 2 is 1.08 bits per heavy atom. The van der Waals surface area contributed by atoms with Crippen LogP contribution in [-0.2, 0) is 40.1 Å². The van der Waals surface area contributed by atoms with Crippen molar-refractivity contribution >= 4 is 132 Å². The zero-order chi connectivity index (χ0) is 55.7. The number of hydrogen-bond donors (Lipinski definition) is 7. The normalized spacial score (nSPS) is 15.9. The van der Waals surface area contributed by atoms with Crippen molar-refractivity contribution in [2.45, 2.75) is 99.6 Å². The number of carboxylic acid groups (broad SMARTS) is 3. The summed E-state index contributed by atoms with van der Waals surface area (Å²) in [6.45, 7) is 10.9. The number of benzene rings is 4. The number of carboxylic acids is 3. The van der Waals surface area contributed by atoms with E-state index < -0.39 is 50.3 Å². The van der Waals surface area contributed by atoms with Crippen molar-refractivity contribution in [3.8, 4) is 29.1 Å². The first-order valence-electron chi connectivity index (χ1n) is 21.9. The maximum absolute atomic E-state index is 11.2. The van der Waals surface area contributed by atoms with Crippen LogP contribution >= 0.6 is 95.6 Å². The first-order valence-corrected chi connectivity index (χ1v) is 27.2. The Labute approximate surface area is 473 Å². The highest BCUT2D eigenvalue weighted by atomic mass is 79.9. The number of aliphatic imine (C=N–C) groups is 2. The monoisotopic (exact) mass is 1270 g/mol. The zero-order valence-electron chi connectivity index (χ0n) is 41.9. The van der Waals surface area contributed by atoms with E-state index in [0.29, 0.717) is 30.7 Å². The fourth-order valence-corrected chi connectivity index (χ4v) is 9.13. The highest BCUT2D eigenvalue weighted by Gasteiger charge is 2.43. The first-order chi connectivity index (χ1) is 34.0. The number of aromatic hydroxyl groups is 1. The summed E-state index contributed by atoms with van der Waals surface area (Å²) in [6, 6.07) is 29.8. The number of nitriles is 1. The van der Waals surface area contributed by atoms with Crippen LogP contribution in [-0.4, -0.2) is 110 Å². The number of thioether (sulfide) groups is 2. The van der Waals surface area contributed by atoms with Gasteiger partial charge in [-0.15, -0.1) is 70.8 Å². The van der Waals surface area contributed by atoms with Gasteiger partial charge in [-0.05, 0) is 65.8 Å². The lowest BCUT2D eigenvalue weighted by Crippen LogP contribution is -2.45. The second-order valence-electron chi connectivity index (χ2n) is 17.1. The first kappa shape index (κ1) is 66.7. The van der Waals surface area contributed by atoms with E-state index in [1.54, 1.807) is 47.3 Å². The standard InChI is InChI=1S/C14H17NO3S.C13H15NO3S.C9H11NOS.C9H9NO.C5H11NO2S.BBr3/c1-14(2)12(13(16)17)15-11(19-14)8-9-6-4-5-7-10(9)18-3;1-13(2)11(12(16)17)14-10(18-13)7-8-5-3-4-6-9(8)15;1-11-8-5-3-2-4-7(8)6-9(10)12;1-11-9-5-3-2-4-8(9)6-7-10;1-5(2,9)3(6)4(7)8;2-1(3)4/h4-7,12H,8H2,1-3H3,(H,16,17);3-6,11,15H,7H2,1-2H3,(H,16,17);2-5H,6H2,1H3,(H2,10,12);2-5H,6H2,1H3;3,9H,6H2,1-2H3,(H,7,8);/t12-;11-;;;3-;/m11..1./s1. The lowest BCUT2D eigenvalue weighted by Gasteiger charge is -2.21. The molecule has 0 amide bonds. The largest absolute Gasteiger partial charge is 0.508 e. The van der Waals surface area contributed by atoms with Crippen LogP contribution in [0.4, 0.5) is 0 Å². The minimum Gasteiger partial charge on any atom is -0.508 e. The van der Waals surface area contributed by atoms with Gasteiger partial charge < -0.3 is 46.1 Å². The van der Waals surface area contributed by atoms with Crippen molar-refractivity contribution in [1.82, 2.24) is 0 Å². The van der Waals surface area contributed by atoms with Gasteiger partial charge in [-0.3, -0.25) is 14.8 Å². The molecule has 0 aromatic heterocycles. The third kappa shape index (κ3) is 24.7. The molecule has 0 aliphatic carbocycles. The minimum atomic E-state index is -1.02. The molecule has 0 spiro atoms. The molecule has 0 radical (unpaired) electrons. The van der Waals surface area contributed by atoms with Gasteiger partial charge in [-0.1, -0.05) is 85.0 Å². The highest BCUT2D eigenvalue weighted by molar-refractivity contribution is 9.69. The van der Waals surface area contributed by atoms with E-state index in [1.807, 2.05) is 113 Å². The number of nitrogens with zero attached hydrogens (tertiary/aromatic N) is 3. The van der Waals surface area contributed by atoms with Gasteiger partial charge in [0.05, 0.1) is 48.9 Å². The molecule has 2 aliphatic rings. The number of nitrogens with two attached hydrogens (primary N) is 2. The molecule has 0 unspecified atom stereocenters. The van der Waals surface area contributed by atoms with Crippen molar-refractivity contribution in [2.24, 2.45) is 21.5 Å². The molecule has 3 atom stereocenters. The number of thiol groups is 1. The Bertz CT molecular complexity index is 2540. The van der Waals surface area contributed by atoms with Crippen LogP contribution < -0.4 is 25.7 Å². The van der Waals surface area contributed by atoms with Gasteiger partial charge >= 0.3 is 21.1 Å². The van der Waals surface area contributed by atoms with E-state index in [0.717, 1.165) is 49.6 Å². The Balaban J connectivity index is 0.000000459. The molecule has 0 saturated carbocycles. The van der Waals surface area contributed by atoms with Crippen LogP contribution in [0.3, 0.4) is 0 Å². The molecule has 6 rings (SSSR count). The summed E-state index contributed by atoms with van der Waals surface area (Å²) in [5.74, 6) is -0.138. The summed E-state index contributed by atoms with van der Waals surface area (Å²) < 4.78 is 14.3. The van der Waals surface area contributed by atoms with Gasteiger partial charge in [0.25, 0.3) is 0 Å². The fourth-order valence-electron chi connectivity index (χ4n) is 6.35. The zero-order valence-corrected chi connectivity index (χ0v) is 50.0. The van der Waals surface area contributed by atoms with Crippen molar-refractivity contribution in [3.05, 3.63) is 119 Å². The van der Waals surface area contributed by atoms with Crippen LogP contribution in [0.1, 0.15) is 63.8 Å². The minimum absolute atomic E-state index is 0.220. The quantitative estimate of drug-likeness (QED) is 0.0352. The number of rotatable bonds is 14. The molecule has 4 aromatic rings. The third-order valence-electron chi connectivity index (χ3n) is 10.0. The fraction of sp³-hybridized carbons (Fsp3) is 0.380. The molecule has 2 heterocycles. The van der Waals surface area contributed by atoms with Crippen LogP contribution in [0, 0.1) is 11.3 Å². The maximum atomic E-state index is 11.2. The van der Waals surface area contributed by atoms with Crippen LogP contribution in [0.5, 0.6) is 23.0 Å². The van der Waals surface area contributed by atoms with Gasteiger partial charge in [0.2, 0.25) is 0 Å². The summed E-state index contributed by atoms with van der Waals surface area (Å²) in [7, 11) is 4.88. The molecule has 396 valence electrons. The summed E-state index contributed by atoms with van der Waals surface area (Å²) >= 11 is 21.1. The molecule has 0 fully saturated rings. The molecule has 23 heteroatoms. The number of para-hydroxylation sites is 4. The Morgan fingerprint density at radius 3 is 1.41 bits per heavy atom. The lowest BCUT2D eigenvalue weighted by atomic mass is 10.0. The number of phenolic OH excluding ortho intramolecular Hbond substituents is 1. The van der Waals surface area contributed by atoms with Crippen molar-refractivity contribution < 1.29 is 49.0 Å². The van der Waals surface area contributed by atoms with Crippen LogP contribution in [0.25, 0.3) is 0 Å². The maximum Gasteiger partial charge on any atom is 0.369 e. The summed E-state index contributed by atoms with van der Waals surface area (Å²) in [6.07, 6.45) is 2.09. The number of phenols is 1. The number of halogens is 3. The SMILES string of the molecule is BrB(Br)Br.CC(C)(S)[C@H](N)C(=O)O.CC1(C)SC(Cc2ccccc2O)=N[C@@H]1C(=O)O.COc1ccccc1CC#N.COc1ccccc1CC(N)=S.COc1ccccc1CC1=N[C@H](C(=O)O)C(C)(C)S1. The molecule has 0 saturated heterocycles. The van der Waals surface area contributed by atoms with E-state index in [9.17, 15) is 24.6 Å². The number of carbonyl (C=O) groups is 3. The van der Waals surface area contributed by atoms with Crippen LogP contribution in [0.15, 0.2) is 107 Å². The Kier molecular flexibility index (Phi) is 30.1. The topological polar surface area (TPSA) is 260 Å². The Morgan fingerprint density at radius 1 is 0.740 bits per heavy atom. The number of thiocarbonyl (C=S) groups is 1. The second kappa shape index (κ2) is 32.9. The number of ether oxygens (including phenoxy) is 3. The van der Waals surface area contributed by atoms with Gasteiger partial charge in [-0.25, -0.2) is 9.59 Å². The van der Waals surface area contributed by atoms with E-state index in [-0.39, 0.29) is 8.93 Å². The smallest absolute Gasteiger partial charge is 0.369 e. The number of hydrogen-bond acceptors (Lipinski definition) is 15. The van der Waals surface area contributed by atoms with E-state index in [1.165, 1.54) is 23.5 Å². The average molecular weight is 1270 g/mol. The predicted octanol–water partition coefficient (Wildman–Crippen LogP) is 10.5. The van der Waals surface area contributed by atoms with Gasteiger partial charge in [0.1, 0.15) is 29.0 Å². The van der Waals surface area contributed by atoms with Crippen molar-refractivity contribution in [2.75, 3.05) is 21.3 Å². The number of methoxy groups -OCH3 is 3. The summed E-state index contributed by atoms with van der Waals surface area (Å²) in [5.41, 5.74) is 14.4. The number of aliphatic carboxylic acids is 3. The van der Waals surface area contributed by atoms with E-state index in [2.05, 4.69) is 76.0 Å². The molecular formula is C50H63BBr3N5O10S4. The predicted molar refractivity (Wildman–Crippen MR) is 317 cm³/mol. The molecule has 73 heavy (non-hydrogen) atoms. The molecule has 15 nitrogen and oxygen atoms in total. The average Bonchev–Trinajstić information content (AvgIpc) is 3.80. The van der Waals surface area contributed by atoms with Gasteiger partial charge in [0, 0.05) is 55.8 Å². The molecule has 8 N–H and O–H groups in total. The molecular weight excluding hydrogens is 1210 g/mol. The third-order valence-corrected chi connectivity index (χ3v) is 12.9. The summed E-state index contributed by atoms with van der Waals surface area (Å²) in [4.78, 5) is 41.5. The van der Waals surface area contributed by atoms with Crippen LogP contribution in [0.2, 0.25) is 0 Å². The molecule has 2 aliphatic heterocycles. The van der Waals surface area contributed by atoms with Crippen molar-refractivity contribution in [3.63, 3.8) is 0 Å². The molecule has 4 aromatic carbocycles. The second-order valence-corrected chi connectivity index (χ2v) is 28.6. The van der Waals surface area contributed by atoms with Gasteiger partial charge in [-0.2, -0.15) is 17.9 Å². The summed E-state index contributed by atoms with van der Waals surface area (Å²) in [5, 5.41) is 46.4. The van der Waals surface area contributed by atoms with E-state index in [4.69, 9.17) is 53.4 Å². The Hall–Kier alpha value is -4.28. The van der Waals surface area contributed by atoms with Crippen molar-refractivity contribution in [1.29, 1.82) is 5.26 Å².